The monoisotopic (exact) mass is 235 g/mol. The molecule has 2 aliphatic heterocycles. The largest absolute Gasteiger partial charge is 0.314 e. The summed E-state index contributed by atoms with van der Waals surface area (Å²) in [5, 5.41) is 7.61. The molecule has 0 saturated carbocycles. The fourth-order valence-corrected chi connectivity index (χ4v) is 2.74. The fourth-order valence-electron chi connectivity index (χ4n) is 2.74. The first-order valence-corrected chi connectivity index (χ1v) is 6.47. The van der Waals surface area contributed by atoms with Gasteiger partial charge in [0.05, 0.1) is 5.69 Å². The second-order valence-corrected chi connectivity index (χ2v) is 5.08. The number of nitrogens with zero attached hydrogens (tertiary/aromatic N) is 4. The van der Waals surface area contributed by atoms with E-state index in [4.69, 9.17) is 0 Å². The summed E-state index contributed by atoms with van der Waals surface area (Å²) in [6, 6.07) is 2.89. The number of piperazine rings is 1. The van der Waals surface area contributed by atoms with Crippen molar-refractivity contribution >= 4 is 0 Å². The van der Waals surface area contributed by atoms with Crippen molar-refractivity contribution in [2.24, 2.45) is 7.05 Å². The second-order valence-electron chi connectivity index (χ2n) is 5.08. The Hall–Kier alpha value is -0.910. The lowest BCUT2D eigenvalue weighted by molar-refractivity contribution is 0.0209. The van der Waals surface area contributed by atoms with Crippen LogP contribution >= 0.6 is 0 Å². The molecule has 1 aromatic rings. The van der Waals surface area contributed by atoms with Gasteiger partial charge in [0.25, 0.3) is 0 Å². The highest BCUT2D eigenvalue weighted by Gasteiger charge is 2.32. The topological polar surface area (TPSA) is 36.3 Å². The van der Waals surface area contributed by atoms with Crippen LogP contribution in [0, 0.1) is 0 Å². The minimum atomic E-state index is 0.783. The van der Waals surface area contributed by atoms with Gasteiger partial charge in [0.2, 0.25) is 0 Å². The summed E-state index contributed by atoms with van der Waals surface area (Å²) in [5.74, 6) is 0. The first kappa shape index (κ1) is 11.2. The van der Waals surface area contributed by atoms with E-state index in [1.165, 1.54) is 31.9 Å². The smallest absolute Gasteiger partial charge is 0.0521 e. The van der Waals surface area contributed by atoms with E-state index < -0.39 is 0 Å². The SMILES string of the molecule is Cn1nccc1CN1CC(N2CCNCC2)C1. The van der Waals surface area contributed by atoms with E-state index in [0.717, 1.165) is 25.7 Å². The minimum absolute atomic E-state index is 0.783. The Labute approximate surface area is 102 Å². The van der Waals surface area contributed by atoms with Crippen LogP contribution < -0.4 is 5.32 Å². The predicted molar refractivity (Wildman–Crippen MR) is 66.7 cm³/mol. The summed E-state index contributed by atoms with van der Waals surface area (Å²) in [7, 11) is 2.02. The van der Waals surface area contributed by atoms with Gasteiger partial charge in [-0.05, 0) is 6.07 Å². The molecule has 0 bridgehead atoms. The molecule has 0 radical (unpaired) electrons. The van der Waals surface area contributed by atoms with Crippen molar-refractivity contribution in [1.82, 2.24) is 24.9 Å². The molecule has 2 saturated heterocycles. The van der Waals surface area contributed by atoms with Crippen LogP contribution in [-0.2, 0) is 13.6 Å². The first-order chi connectivity index (χ1) is 8.33. The maximum absolute atomic E-state index is 4.21. The van der Waals surface area contributed by atoms with Crippen molar-refractivity contribution in [3.05, 3.63) is 18.0 Å². The van der Waals surface area contributed by atoms with Crippen molar-refractivity contribution < 1.29 is 0 Å². The third kappa shape index (κ3) is 2.36. The van der Waals surface area contributed by atoms with Gasteiger partial charge in [-0.2, -0.15) is 5.10 Å². The lowest BCUT2D eigenvalue weighted by Gasteiger charge is -2.46. The zero-order chi connectivity index (χ0) is 11.7. The van der Waals surface area contributed by atoms with Crippen molar-refractivity contribution in [3.63, 3.8) is 0 Å². The van der Waals surface area contributed by atoms with Gasteiger partial charge in [-0.15, -0.1) is 0 Å². The van der Waals surface area contributed by atoms with Gasteiger partial charge in [0.15, 0.2) is 0 Å². The number of nitrogens with one attached hydrogen (secondary N) is 1. The molecule has 1 N–H and O–H groups in total. The van der Waals surface area contributed by atoms with Gasteiger partial charge in [0.1, 0.15) is 0 Å². The lowest BCUT2D eigenvalue weighted by atomic mass is 10.1. The average molecular weight is 235 g/mol. The summed E-state index contributed by atoms with van der Waals surface area (Å²) >= 11 is 0. The number of rotatable bonds is 3. The summed E-state index contributed by atoms with van der Waals surface area (Å²) in [6.45, 7) is 8.19. The van der Waals surface area contributed by atoms with E-state index in [1.807, 2.05) is 17.9 Å². The molecule has 17 heavy (non-hydrogen) atoms. The van der Waals surface area contributed by atoms with Crippen LogP contribution in [0.1, 0.15) is 5.69 Å². The summed E-state index contributed by atoms with van der Waals surface area (Å²) in [4.78, 5) is 5.12. The van der Waals surface area contributed by atoms with Crippen molar-refractivity contribution in [1.29, 1.82) is 0 Å². The van der Waals surface area contributed by atoms with Crippen LogP contribution in [0.3, 0.4) is 0 Å². The van der Waals surface area contributed by atoms with Gasteiger partial charge < -0.3 is 5.32 Å². The normalized spacial score (nSPS) is 23.8. The van der Waals surface area contributed by atoms with E-state index in [1.54, 1.807) is 0 Å². The van der Waals surface area contributed by atoms with Gasteiger partial charge in [-0.25, -0.2) is 0 Å². The number of likely N-dealkylation sites (tertiary alicyclic amines) is 1. The summed E-state index contributed by atoms with van der Waals surface area (Å²) in [6.07, 6.45) is 1.88. The standard InChI is InChI=1S/C12H21N5/c1-15-11(2-3-14-15)8-16-9-12(10-16)17-6-4-13-5-7-17/h2-3,12-13H,4-10H2,1H3. The number of aromatic nitrogens is 2. The molecule has 0 unspecified atom stereocenters. The Morgan fingerprint density at radius 3 is 2.76 bits per heavy atom. The molecule has 0 atom stereocenters. The third-order valence-corrected chi connectivity index (χ3v) is 3.91. The van der Waals surface area contributed by atoms with Gasteiger partial charge in [0, 0.05) is 65.1 Å². The Balaban J connectivity index is 1.46. The average Bonchev–Trinajstić information content (AvgIpc) is 2.70. The molecule has 0 spiro atoms. The van der Waals surface area contributed by atoms with E-state index in [-0.39, 0.29) is 0 Å². The quantitative estimate of drug-likeness (QED) is 0.767. The van der Waals surface area contributed by atoms with Crippen LogP contribution in [0.5, 0.6) is 0 Å². The highest BCUT2D eigenvalue weighted by Crippen LogP contribution is 2.17. The Morgan fingerprint density at radius 1 is 1.35 bits per heavy atom. The van der Waals surface area contributed by atoms with E-state index in [0.29, 0.717) is 0 Å². The number of hydrogen-bond acceptors (Lipinski definition) is 4. The molecule has 0 aromatic carbocycles. The van der Waals surface area contributed by atoms with Crippen LogP contribution in [0.2, 0.25) is 0 Å². The Kier molecular flexibility index (Phi) is 3.13. The first-order valence-electron chi connectivity index (χ1n) is 6.47. The molecule has 0 amide bonds. The highest BCUT2D eigenvalue weighted by molar-refractivity contribution is 5.02. The van der Waals surface area contributed by atoms with Crippen LogP contribution in [0.4, 0.5) is 0 Å². The highest BCUT2D eigenvalue weighted by atomic mass is 15.3. The molecule has 1 aromatic heterocycles. The van der Waals surface area contributed by atoms with Crippen molar-refractivity contribution in [2.75, 3.05) is 39.3 Å². The maximum atomic E-state index is 4.21. The molecular formula is C12H21N5. The Bertz CT molecular complexity index is 363. The molecule has 5 nitrogen and oxygen atoms in total. The molecule has 94 valence electrons. The second kappa shape index (κ2) is 4.76. The molecule has 5 heteroatoms. The Morgan fingerprint density at radius 2 is 2.12 bits per heavy atom. The minimum Gasteiger partial charge on any atom is -0.314 e. The van der Waals surface area contributed by atoms with Crippen LogP contribution in [-0.4, -0.2) is 64.9 Å². The van der Waals surface area contributed by atoms with E-state index >= 15 is 0 Å². The zero-order valence-electron chi connectivity index (χ0n) is 10.5. The van der Waals surface area contributed by atoms with E-state index in [2.05, 4.69) is 26.3 Å². The molecule has 0 aliphatic carbocycles. The summed E-state index contributed by atoms with van der Waals surface area (Å²) in [5.41, 5.74) is 1.31. The third-order valence-electron chi connectivity index (χ3n) is 3.91. The van der Waals surface area contributed by atoms with Crippen molar-refractivity contribution in [3.8, 4) is 0 Å². The van der Waals surface area contributed by atoms with E-state index in [9.17, 15) is 0 Å². The van der Waals surface area contributed by atoms with Gasteiger partial charge in [-0.1, -0.05) is 0 Å². The predicted octanol–water partition coefficient (Wildman–Crippen LogP) is -0.490. The molecule has 2 fully saturated rings. The number of hydrogen-bond donors (Lipinski definition) is 1. The van der Waals surface area contributed by atoms with Crippen LogP contribution in [0.15, 0.2) is 12.3 Å². The fraction of sp³-hybridized carbons (Fsp3) is 0.750. The zero-order valence-corrected chi connectivity index (χ0v) is 10.5. The molecule has 2 aliphatic rings. The maximum Gasteiger partial charge on any atom is 0.0521 e. The molecule has 3 rings (SSSR count). The summed E-state index contributed by atoms with van der Waals surface area (Å²) < 4.78 is 1.97. The molecule has 3 heterocycles. The van der Waals surface area contributed by atoms with Gasteiger partial charge >= 0.3 is 0 Å². The lowest BCUT2D eigenvalue weighted by Crippen LogP contribution is -2.62. The van der Waals surface area contributed by atoms with Gasteiger partial charge in [-0.3, -0.25) is 14.5 Å². The van der Waals surface area contributed by atoms with Crippen LogP contribution in [0.25, 0.3) is 0 Å². The number of aryl methyl sites for hydroxylation is 1. The van der Waals surface area contributed by atoms with Crippen molar-refractivity contribution in [2.45, 2.75) is 12.6 Å². The molecular weight excluding hydrogens is 214 g/mol.